The normalized spacial score (nSPS) is 15.0. The Morgan fingerprint density at radius 1 is 1.10 bits per heavy atom. The number of carboxylic acids is 1. The number of carbonyl (C=O) groups excluding carboxylic acids is 2. The Kier molecular flexibility index (Phi) is 5.55. The number of Topliss-reactive ketones (excluding diaryl/α,β-unsaturated/α-hetero) is 1. The van der Waals surface area contributed by atoms with E-state index in [1.165, 1.54) is 20.8 Å². The van der Waals surface area contributed by atoms with Gasteiger partial charge in [-0.25, -0.2) is 4.79 Å². The number of aryl methyl sites for hydroxylation is 1. The average Bonchev–Trinajstić information content (AvgIpc) is 2.64. The molecule has 0 heterocycles. The monoisotopic (exact) mass is 393 g/mol. The standard InChI is InChI=1S/C23H23NO5/c1-14(25)24-18-8-4-15(5-9-18)12-17-7-6-16-13-19(10-11-20(16)21(17)26)29-23(2,3)22(27)28/h4-5,8-13H,6-7H2,1-3H3,(H,24,25)(H,27,28)/b17-12-. The molecule has 0 aromatic heterocycles. The Morgan fingerprint density at radius 3 is 2.41 bits per heavy atom. The van der Waals surface area contributed by atoms with Gasteiger partial charge in [0.1, 0.15) is 5.75 Å². The van der Waals surface area contributed by atoms with Gasteiger partial charge in [0.2, 0.25) is 5.91 Å². The molecule has 0 spiro atoms. The number of benzene rings is 2. The zero-order chi connectivity index (χ0) is 21.2. The molecule has 2 aromatic carbocycles. The van der Waals surface area contributed by atoms with Gasteiger partial charge in [0, 0.05) is 23.7 Å². The van der Waals surface area contributed by atoms with Crippen molar-refractivity contribution in [3.8, 4) is 5.75 Å². The molecular weight excluding hydrogens is 370 g/mol. The molecule has 29 heavy (non-hydrogen) atoms. The van der Waals surface area contributed by atoms with Gasteiger partial charge in [0.15, 0.2) is 11.4 Å². The van der Waals surface area contributed by atoms with Gasteiger partial charge in [-0.1, -0.05) is 12.1 Å². The number of ketones is 1. The minimum Gasteiger partial charge on any atom is -0.478 e. The van der Waals surface area contributed by atoms with E-state index in [1.807, 2.05) is 18.2 Å². The summed E-state index contributed by atoms with van der Waals surface area (Å²) in [6, 6.07) is 12.4. The number of rotatable bonds is 5. The predicted octanol–water partition coefficient (Wildman–Crippen LogP) is 4.10. The number of hydrogen-bond acceptors (Lipinski definition) is 4. The molecule has 0 aliphatic heterocycles. The van der Waals surface area contributed by atoms with Crippen LogP contribution in [0.25, 0.3) is 6.08 Å². The molecule has 0 saturated carbocycles. The lowest BCUT2D eigenvalue weighted by Crippen LogP contribution is -2.37. The summed E-state index contributed by atoms with van der Waals surface area (Å²) in [6.07, 6.45) is 3.12. The lowest BCUT2D eigenvalue weighted by Gasteiger charge is -2.23. The number of aliphatic carboxylic acids is 1. The van der Waals surface area contributed by atoms with Gasteiger partial charge >= 0.3 is 5.97 Å². The van der Waals surface area contributed by atoms with Crippen molar-refractivity contribution in [3.05, 3.63) is 64.7 Å². The Hall–Kier alpha value is -3.41. The molecule has 6 nitrogen and oxygen atoms in total. The predicted molar refractivity (Wildman–Crippen MR) is 110 cm³/mol. The third-order valence-corrected chi connectivity index (χ3v) is 4.74. The lowest BCUT2D eigenvalue weighted by molar-refractivity contribution is -0.152. The van der Waals surface area contributed by atoms with Crippen LogP contribution < -0.4 is 10.1 Å². The molecule has 1 aliphatic carbocycles. The molecule has 1 amide bonds. The molecule has 150 valence electrons. The Labute approximate surface area is 169 Å². The summed E-state index contributed by atoms with van der Waals surface area (Å²) >= 11 is 0. The van der Waals surface area contributed by atoms with Gasteiger partial charge in [-0.2, -0.15) is 0 Å². The van der Waals surface area contributed by atoms with Crippen molar-refractivity contribution in [1.82, 2.24) is 0 Å². The van der Waals surface area contributed by atoms with Crippen LogP contribution in [0.15, 0.2) is 48.0 Å². The third-order valence-electron chi connectivity index (χ3n) is 4.74. The van der Waals surface area contributed by atoms with Gasteiger partial charge in [-0.3, -0.25) is 9.59 Å². The fraction of sp³-hybridized carbons (Fsp3) is 0.261. The Balaban J connectivity index is 1.79. The molecule has 1 aliphatic rings. The number of fused-ring (bicyclic) bond motifs is 1. The van der Waals surface area contributed by atoms with E-state index < -0.39 is 11.6 Å². The Bertz CT molecular complexity index is 1000. The van der Waals surface area contributed by atoms with Crippen LogP contribution in [0.4, 0.5) is 5.69 Å². The zero-order valence-corrected chi connectivity index (χ0v) is 16.6. The first-order valence-corrected chi connectivity index (χ1v) is 9.34. The lowest BCUT2D eigenvalue weighted by atomic mass is 9.86. The highest BCUT2D eigenvalue weighted by Gasteiger charge is 2.30. The van der Waals surface area contributed by atoms with E-state index in [2.05, 4.69) is 5.32 Å². The highest BCUT2D eigenvalue weighted by Crippen LogP contribution is 2.31. The molecule has 0 atom stereocenters. The summed E-state index contributed by atoms with van der Waals surface area (Å²) in [5.74, 6) is -0.794. The van der Waals surface area contributed by atoms with Crippen molar-refractivity contribution in [1.29, 1.82) is 0 Å². The number of ether oxygens (including phenoxy) is 1. The van der Waals surface area contributed by atoms with Gasteiger partial charge in [0.05, 0.1) is 0 Å². The second-order valence-corrected chi connectivity index (χ2v) is 7.54. The minimum atomic E-state index is -1.35. The molecule has 0 bridgehead atoms. The smallest absolute Gasteiger partial charge is 0.347 e. The van der Waals surface area contributed by atoms with Gasteiger partial charge < -0.3 is 15.2 Å². The summed E-state index contributed by atoms with van der Waals surface area (Å²) in [5.41, 5.74) is 2.42. The maximum absolute atomic E-state index is 12.9. The van der Waals surface area contributed by atoms with Crippen molar-refractivity contribution >= 4 is 29.4 Å². The van der Waals surface area contributed by atoms with Crippen molar-refractivity contribution in [2.75, 3.05) is 5.32 Å². The number of anilines is 1. The second kappa shape index (κ2) is 7.91. The quantitative estimate of drug-likeness (QED) is 0.746. The number of carbonyl (C=O) groups is 3. The molecule has 2 N–H and O–H groups in total. The highest BCUT2D eigenvalue weighted by molar-refractivity contribution is 6.13. The summed E-state index contributed by atoms with van der Waals surface area (Å²) in [7, 11) is 0. The molecule has 2 aromatic rings. The fourth-order valence-corrected chi connectivity index (χ4v) is 3.16. The van der Waals surface area contributed by atoms with Crippen molar-refractivity contribution in [3.63, 3.8) is 0 Å². The third kappa shape index (κ3) is 4.71. The largest absolute Gasteiger partial charge is 0.478 e. The van der Waals surface area contributed by atoms with Crippen molar-refractivity contribution in [2.45, 2.75) is 39.2 Å². The highest BCUT2D eigenvalue weighted by atomic mass is 16.5. The molecule has 0 saturated heterocycles. The molecule has 6 heteroatoms. The SMILES string of the molecule is CC(=O)Nc1ccc(/C=C2/CCc3cc(OC(C)(C)C(=O)O)ccc3C2=O)cc1. The minimum absolute atomic E-state index is 0.0405. The van der Waals surface area contributed by atoms with Crippen molar-refractivity contribution in [2.24, 2.45) is 0 Å². The van der Waals surface area contributed by atoms with E-state index in [9.17, 15) is 19.5 Å². The zero-order valence-electron chi connectivity index (χ0n) is 16.6. The number of nitrogens with one attached hydrogen (secondary N) is 1. The topological polar surface area (TPSA) is 92.7 Å². The summed E-state index contributed by atoms with van der Waals surface area (Å²) < 4.78 is 5.57. The number of allylic oxidation sites excluding steroid dienone is 1. The van der Waals surface area contributed by atoms with Gasteiger partial charge in [-0.15, -0.1) is 0 Å². The van der Waals surface area contributed by atoms with Gasteiger partial charge in [0.25, 0.3) is 0 Å². The maximum atomic E-state index is 12.9. The molecule has 0 fully saturated rings. The molecule has 0 unspecified atom stereocenters. The van der Waals surface area contributed by atoms with Gasteiger partial charge in [-0.05, 0) is 74.2 Å². The fourth-order valence-electron chi connectivity index (χ4n) is 3.16. The summed E-state index contributed by atoms with van der Waals surface area (Å²) in [6.45, 7) is 4.42. The van der Waals surface area contributed by atoms with E-state index in [4.69, 9.17) is 4.74 Å². The number of carboxylic acid groups (broad SMARTS) is 1. The average molecular weight is 393 g/mol. The van der Waals surface area contributed by atoms with Crippen LogP contribution >= 0.6 is 0 Å². The van der Waals surface area contributed by atoms with Crippen molar-refractivity contribution < 1.29 is 24.2 Å². The second-order valence-electron chi connectivity index (χ2n) is 7.54. The summed E-state index contributed by atoms with van der Waals surface area (Å²) in [4.78, 5) is 35.2. The van der Waals surface area contributed by atoms with E-state index in [0.29, 0.717) is 35.4 Å². The molecule has 3 rings (SSSR count). The first kappa shape index (κ1) is 20.3. The van der Waals surface area contributed by atoms with E-state index in [1.54, 1.807) is 30.3 Å². The first-order chi connectivity index (χ1) is 13.7. The van der Waals surface area contributed by atoms with Crippen LogP contribution in [0.2, 0.25) is 0 Å². The van der Waals surface area contributed by atoms with Crippen LogP contribution in [-0.4, -0.2) is 28.4 Å². The molecular formula is C23H23NO5. The van der Waals surface area contributed by atoms with Crippen LogP contribution in [0.1, 0.15) is 48.7 Å². The van der Waals surface area contributed by atoms with E-state index >= 15 is 0 Å². The maximum Gasteiger partial charge on any atom is 0.347 e. The van der Waals surface area contributed by atoms with Crippen LogP contribution in [0.5, 0.6) is 5.75 Å². The number of hydrogen-bond donors (Lipinski definition) is 2. The molecule has 0 radical (unpaired) electrons. The first-order valence-electron chi connectivity index (χ1n) is 9.34. The van der Waals surface area contributed by atoms with Crippen LogP contribution in [-0.2, 0) is 16.0 Å². The van der Waals surface area contributed by atoms with Crippen LogP contribution in [0.3, 0.4) is 0 Å². The number of amides is 1. The Morgan fingerprint density at radius 2 is 1.79 bits per heavy atom. The summed E-state index contributed by atoms with van der Waals surface area (Å²) in [5, 5.41) is 11.9. The van der Waals surface area contributed by atoms with Crippen LogP contribution in [0, 0.1) is 0 Å². The van der Waals surface area contributed by atoms with E-state index in [-0.39, 0.29) is 11.7 Å². The van der Waals surface area contributed by atoms with E-state index in [0.717, 1.165) is 11.1 Å².